The molecule has 1 aliphatic rings. The largest absolute Gasteiger partial charge is 0.507 e. The van der Waals surface area contributed by atoms with Gasteiger partial charge in [-0.05, 0) is 49.2 Å². The molecule has 2 N–H and O–H groups in total. The van der Waals surface area contributed by atoms with Crippen LogP contribution in [0, 0.1) is 5.92 Å². The Kier molecular flexibility index (Phi) is 6.34. The number of hydrogen-bond donors (Lipinski definition) is 2. The molecule has 5 rings (SSSR count). The van der Waals surface area contributed by atoms with Gasteiger partial charge in [-0.25, -0.2) is 13.4 Å². The van der Waals surface area contributed by atoms with Gasteiger partial charge in [0.1, 0.15) is 15.0 Å². The van der Waals surface area contributed by atoms with Crippen LogP contribution in [0.2, 0.25) is 4.34 Å². The number of rotatable bonds is 5. The number of amides is 1. The number of anilines is 1. The molecule has 7 nitrogen and oxygen atoms in total. The molecule has 176 valence electrons. The third kappa shape index (κ3) is 4.56. The van der Waals surface area contributed by atoms with Crippen LogP contribution < -0.4 is 5.32 Å². The first-order valence-corrected chi connectivity index (χ1v) is 14.0. The predicted octanol–water partition coefficient (Wildman–Crippen LogP) is 5.42. The van der Waals surface area contributed by atoms with E-state index in [9.17, 15) is 18.3 Å². The molecule has 0 spiro atoms. The Bertz CT molecular complexity index is 1450. The van der Waals surface area contributed by atoms with E-state index >= 15 is 0 Å². The molecular formula is C23H20ClN3O4S3. The normalized spacial score (nSPS) is 17.1. The summed E-state index contributed by atoms with van der Waals surface area (Å²) in [7, 11) is -3.69. The van der Waals surface area contributed by atoms with Crippen molar-refractivity contribution in [3.8, 4) is 16.3 Å². The summed E-state index contributed by atoms with van der Waals surface area (Å²) in [5.74, 6) is -0.763. The van der Waals surface area contributed by atoms with Crippen LogP contribution in [0.4, 0.5) is 5.69 Å². The van der Waals surface area contributed by atoms with Crippen LogP contribution in [0.15, 0.2) is 58.8 Å². The Morgan fingerprint density at radius 1 is 1.15 bits per heavy atom. The van der Waals surface area contributed by atoms with Crippen molar-refractivity contribution in [1.29, 1.82) is 0 Å². The van der Waals surface area contributed by atoms with Gasteiger partial charge in [0.25, 0.3) is 10.0 Å². The van der Waals surface area contributed by atoms with Crippen molar-refractivity contribution >= 4 is 66.1 Å². The van der Waals surface area contributed by atoms with Crippen LogP contribution in [0.3, 0.4) is 0 Å². The standard InChI is InChI=1S/C23H20ClN3O4S3/c24-20-9-10-21(33-20)34(30,31)27-11-3-4-14(13-27)22(29)25-15-7-8-16(18(28)12-15)23-26-17-5-1-2-6-19(17)32-23/h1-2,5-10,12,14,28H,3-4,11,13H2,(H,25,29). The zero-order valence-electron chi connectivity index (χ0n) is 17.8. The van der Waals surface area contributed by atoms with Crippen molar-refractivity contribution in [2.45, 2.75) is 17.1 Å². The highest BCUT2D eigenvalue weighted by Gasteiger charge is 2.34. The molecule has 4 aromatic rings. The first-order chi connectivity index (χ1) is 16.3. The van der Waals surface area contributed by atoms with Crippen LogP contribution in [-0.2, 0) is 14.8 Å². The number of phenols is 1. The van der Waals surface area contributed by atoms with E-state index in [0.29, 0.717) is 40.0 Å². The molecule has 0 radical (unpaired) electrons. The fourth-order valence-corrected chi connectivity index (χ4v) is 8.12. The van der Waals surface area contributed by atoms with E-state index < -0.39 is 15.9 Å². The Morgan fingerprint density at radius 3 is 2.71 bits per heavy atom. The lowest BCUT2D eigenvalue weighted by Gasteiger charge is -2.30. The predicted molar refractivity (Wildman–Crippen MR) is 136 cm³/mol. The highest BCUT2D eigenvalue weighted by Crippen LogP contribution is 2.37. The lowest BCUT2D eigenvalue weighted by molar-refractivity contribution is -0.120. The van der Waals surface area contributed by atoms with Crippen molar-refractivity contribution < 1.29 is 18.3 Å². The maximum atomic E-state index is 12.9. The van der Waals surface area contributed by atoms with Crippen LogP contribution in [0.1, 0.15) is 12.8 Å². The van der Waals surface area contributed by atoms with Gasteiger partial charge in [-0.1, -0.05) is 23.7 Å². The van der Waals surface area contributed by atoms with Crippen LogP contribution in [0.5, 0.6) is 5.75 Å². The van der Waals surface area contributed by atoms with Crippen molar-refractivity contribution in [1.82, 2.24) is 9.29 Å². The minimum atomic E-state index is -3.69. The van der Waals surface area contributed by atoms with Crippen LogP contribution in [-0.4, -0.2) is 41.8 Å². The number of benzene rings is 2. The number of piperidine rings is 1. The summed E-state index contributed by atoms with van der Waals surface area (Å²) in [5.41, 5.74) is 1.89. The zero-order chi connectivity index (χ0) is 23.9. The SMILES string of the molecule is O=C(Nc1ccc(-c2nc3ccccc3s2)c(O)c1)C1CCCN(S(=O)(=O)c2ccc(Cl)s2)C1. The molecule has 11 heteroatoms. The van der Waals surface area contributed by atoms with Crippen molar-refractivity contribution in [2.75, 3.05) is 18.4 Å². The van der Waals surface area contributed by atoms with Gasteiger partial charge in [0.05, 0.1) is 26.0 Å². The first kappa shape index (κ1) is 23.3. The van der Waals surface area contributed by atoms with Gasteiger partial charge in [0, 0.05) is 24.8 Å². The summed E-state index contributed by atoms with van der Waals surface area (Å²) in [4.78, 5) is 17.5. The Hall–Kier alpha value is -2.50. The second-order valence-electron chi connectivity index (χ2n) is 7.97. The number of hydrogen-bond acceptors (Lipinski definition) is 7. The smallest absolute Gasteiger partial charge is 0.252 e. The molecule has 34 heavy (non-hydrogen) atoms. The number of carbonyl (C=O) groups excluding carboxylic acids is 1. The van der Waals surface area contributed by atoms with E-state index in [2.05, 4.69) is 10.3 Å². The number of sulfonamides is 1. The minimum Gasteiger partial charge on any atom is -0.507 e. The molecular weight excluding hydrogens is 514 g/mol. The van der Waals surface area contributed by atoms with Crippen LogP contribution in [0.25, 0.3) is 20.8 Å². The fourth-order valence-electron chi connectivity index (χ4n) is 3.96. The minimum absolute atomic E-state index is 0.0132. The second-order valence-corrected chi connectivity index (χ2v) is 12.9. The summed E-state index contributed by atoms with van der Waals surface area (Å²) in [6, 6.07) is 15.7. The Balaban J connectivity index is 1.29. The molecule has 1 aliphatic heterocycles. The molecule has 3 heterocycles. The lowest BCUT2D eigenvalue weighted by atomic mass is 9.98. The van der Waals surface area contributed by atoms with Gasteiger partial charge in [-0.15, -0.1) is 22.7 Å². The number of phenolic OH excluding ortho intramolecular Hbond substituents is 1. The summed E-state index contributed by atoms with van der Waals surface area (Å²) in [6.45, 7) is 0.457. The molecule has 0 aliphatic carbocycles. The number of halogens is 1. The van der Waals surface area contributed by atoms with E-state index in [1.807, 2.05) is 24.3 Å². The molecule has 0 bridgehead atoms. The molecule has 2 aromatic carbocycles. The number of carbonyl (C=O) groups is 1. The van der Waals surface area contributed by atoms with E-state index in [4.69, 9.17) is 11.6 Å². The van der Waals surface area contributed by atoms with E-state index in [-0.39, 0.29) is 22.4 Å². The highest BCUT2D eigenvalue weighted by molar-refractivity contribution is 7.91. The topological polar surface area (TPSA) is 99.6 Å². The third-order valence-electron chi connectivity index (χ3n) is 5.69. The van der Waals surface area contributed by atoms with Gasteiger partial charge in [0.2, 0.25) is 5.91 Å². The Morgan fingerprint density at radius 2 is 1.97 bits per heavy atom. The van der Waals surface area contributed by atoms with Gasteiger partial charge in [-0.2, -0.15) is 4.31 Å². The third-order valence-corrected chi connectivity index (χ3v) is 10.3. The van der Waals surface area contributed by atoms with Gasteiger partial charge >= 0.3 is 0 Å². The fraction of sp³-hybridized carbons (Fsp3) is 0.217. The summed E-state index contributed by atoms with van der Waals surface area (Å²) in [5, 5.41) is 14.1. The van der Waals surface area contributed by atoms with Gasteiger partial charge in [-0.3, -0.25) is 4.79 Å². The molecule has 1 atom stereocenters. The first-order valence-electron chi connectivity index (χ1n) is 10.6. The number of para-hydroxylation sites is 1. The molecule has 1 amide bonds. The number of aromatic nitrogens is 1. The number of thiophene rings is 1. The monoisotopic (exact) mass is 533 g/mol. The van der Waals surface area contributed by atoms with Gasteiger partial charge in [0.15, 0.2) is 0 Å². The quantitative estimate of drug-likeness (QED) is 0.356. The zero-order valence-corrected chi connectivity index (χ0v) is 21.0. The molecule has 1 unspecified atom stereocenters. The number of nitrogens with zero attached hydrogens (tertiary/aromatic N) is 2. The van der Waals surface area contributed by atoms with E-state index in [1.54, 1.807) is 18.2 Å². The van der Waals surface area contributed by atoms with E-state index in [0.717, 1.165) is 21.6 Å². The van der Waals surface area contributed by atoms with E-state index in [1.165, 1.54) is 27.8 Å². The van der Waals surface area contributed by atoms with Crippen molar-refractivity contribution in [3.63, 3.8) is 0 Å². The maximum absolute atomic E-state index is 12.9. The highest BCUT2D eigenvalue weighted by atomic mass is 35.5. The molecule has 2 aromatic heterocycles. The average molecular weight is 534 g/mol. The molecule has 0 saturated carbocycles. The van der Waals surface area contributed by atoms with Crippen molar-refractivity contribution in [2.24, 2.45) is 5.92 Å². The number of aromatic hydroxyl groups is 1. The number of fused-ring (bicyclic) bond motifs is 1. The summed E-state index contributed by atoms with van der Waals surface area (Å²) in [6.07, 6.45) is 1.16. The molecule has 1 fully saturated rings. The number of nitrogens with one attached hydrogen (secondary N) is 1. The maximum Gasteiger partial charge on any atom is 0.252 e. The van der Waals surface area contributed by atoms with Crippen molar-refractivity contribution in [3.05, 3.63) is 58.9 Å². The Labute approximate surface area is 209 Å². The number of thiazole rings is 1. The second kappa shape index (κ2) is 9.27. The summed E-state index contributed by atoms with van der Waals surface area (Å²) >= 11 is 8.39. The summed E-state index contributed by atoms with van der Waals surface area (Å²) < 4.78 is 28.8. The van der Waals surface area contributed by atoms with Crippen LogP contribution >= 0.6 is 34.3 Å². The average Bonchev–Trinajstić information content (AvgIpc) is 3.46. The molecule has 1 saturated heterocycles. The lowest BCUT2D eigenvalue weighted by Crippen LogP contribution is -2.43. The van der Waals surface area contributed by atoms with Gasteiger partial charge < -0.3 is 10.4 Å².